The van der Waals surface area contributed by atoms with Crippen LogP contribution in [0.25, 0.3) is 32.3 Å². The summed E-state index contributed by atoms with van der Waals surface area (Å²) in [4.78, 5) is -3.12. The van der Waals surface area contributed by atoms with Crippen LogP contribution in [0.5, 0.6) is 5.75 Å². The largest absolute Gasteiger partial charge is 0.504 e. The zero-order chi connectivity index (χ0) is 37.1. The van der Waals surface area contributed by atoms with Gasteiger partial charge in [0.2, 0.25) is 0 Å². The summed E-state index contributed by atoms with van der Waals surface area (Å²) in [6, 6.07) is 19.0. The van der Waals surface area contributed by atoms with Crippen molar-refractivity contribution in [3.63, 3.8) is 0 Å². The third-order valence-corrected chi connectivity index (χ3v) is 10.9. The molecule has 0 bridgehead atoms. The molecule has 0 aliphatic carbocycles. The van der Waals surface area contributed by atoms with Crippen molar-refractivity contribution in [2.24, 2.45) is 20.5 Å². The predicted molar refractivity (Wildman–Crippen MR) is 204 cm³/mol. The third-order valence-electron chi connectivity index (χ3n) is 7.46. The number of rotatable bonds is 8. The minimum Gasteiger partial charge on any atom is -0.504 e. The number of hydrogen-bond donors (Lipinski definition) is 5. The van der Waals surface area contributed by atoms with Gasteiger partial charge in [0.25, 0.3) is 40.5 Å². The molecule has 5 N–H and O–H groups in total. The molecular weight excluding hydrogens is 845 g/mol. The van der Waals surface area contributed by atoms with E-state index in [2.05, 4.69) is 20.5 Å². The van der Waals surface area contributed by atoms with Crippen molar-refractivity contribution in [3.8, 4) is 5.75 Å². The van der Waals surface area contributed by atoms with Crippen molar-refractivity contribution >= 4 is 214 Å². The van der Waals surface area contributed by atoms with E-state index in [9.17, 15) is 57.0 Å². The molecule has 0 fully saturated rings. The Labute approximate surface area is 401 Å². The number of hydrogen-bond acceptors (Lipinski definition) is 13. The molecule has 0 heterocycles. The van der Waals surface area contributed by atoms with Crippen molar-refractivity contribution in [2.75, 3.05) is 0 Å². The molecule has 25 heteroatoms. The van der Waals surface area contributed by atoms with Crippen LogP contribution < -0.4 is 0 Å². The first-order chi connectivity index (χ1) is 23.7. The second kappa shape index (κ2) is 18.8. The van der Waals surface area contributed by atoms with Crippen molar-refractivity contribution in [2.45, 2.75) is 19.6 Å². The number of phenolic OH excluding ortho intramolecular Hbond substituents is 1. The molecule has 0 amide bonds. The van der Waals surface area contributed by atoms with E-state index in [0.717, 1.165) is 30.3 Å². The summed E-state index contributed by atoms with van der Waals surface area (Å²) in [6.45, 7) is 0. The maximum atomic E-state index is 12.1. The van der Waals surface area contributed by atoms with Gasteiger partial charge in [-0.25, -0.2) is 0 Å². The Bertz CT molecular complexity index is 3010. The van der Waals surface area contributed by atoms with Crippen LogP contribution in [0.4, 0.5) is 22.7 Å². The van der Waals surface area contributed by atoms with Gasteiger partial charge in [-0.2, -0.15) is 38.8 Å². The maximum absolute atomic E-state index is 12.1. The van der Waals surface area contributed by atoms with E-state index in [-0.39, 0.29) is 157 Å². The Morgan fingerprint density at radius 1 is 0.418 bits per heavy atom. The molecule has 6 rings (SSSR count). The average molecular weight is 865 g/mol. The zero-order valence-corrected chi connectivity index (χ0v) is 40.4. The summed E-state index contributed by atoms with van der Waals surface area (Å²) in [5, 5.41) is 28.1. The molecule has 17 nitrogen and oxygen atoms in total. The van der Waals surface area contributed by atoms with E-state index in [1.807, 2.05) is 0 Å². The van der Waals surface area contributed by atoms with Gasteiger partial charge in [-0.3, -0.25) is 18.2 Å². The SMILES string of the molecule is O=S(=O)(O)c1cc(S(=O)(=O)O)c2cc(N=Nc3ccc(N=Nc4c(O)c(S(=O)(=O)O)cc5cc(S(=O)(=O)O)ccc45)c4ccccc34)ccc2c1.[Na].[Na].[Na].[Na]. The first-order valence-electron chi connectivity index (χ1n) is 13.8. The van der Waals surface area contributed by atoms with Gasteiger partial charge in [0.15, 0.2) is 5.75 Å². The van der Waals surface area contributed by atoms with Crippen molar-refractivity contribution in [3.05, 3.63) is 91.0 Å². The van der Waals surface area contributed by atoms with Crippen LogP contribution in [-0.4, -0.2) is 175 Å². The molecule has 0 unspecified atom stereocenters. The summed E-state index contributed by atoms with van der Waals surface area (Å²) in [6.07, 6.45) is 0. The molecule has 266 valence electrons. The minimum atomic E-state index is -5.04. The van der Waals surface area contributed by atoms with Crippen LogP contribution >= 0.6 is 0 Å². The predicted octanol–water partition coefficient (Wildman–Crippen LogP) is 5.15. The first-order valence-corrected chi connectivity index (χ1v) is 19.6. The molecule has 0 saturated heterocycles. The fourth-order valence-electron chi connectivity index (χ4n) is 5.16. The topological polar surface area (TPSA) is 287 Å². The Balaban J connectivity index is 0.00000261. The van der Waals surface area contributed by atoms with Gasteiger partial charge in [0.1, 0.15) is 15.5 Å². The maximum Gasteiger partial charge on any atom is 0.298 e. The first kappa shape index (κ1) is 49.9. The fraction of sp³-hybridized carbons (Fsp3) is 0. The average Bonchev–Trinajstić information content (AvgIpc) is 3.04. The molecule has 0 aliphatic rings. The van der Waals surface area contributed by atoms with E-state index >= 15 is 0 Å². The number of phenols is 1. The van der Waals surface area contributed by atoms with E-state index < -0.39 is 71.5 Å². The van der Waals surface area contributed by atoms with E-state index in [4.69, 9.17) is 0 Å². The number of benzene rings is 6. The molecule has 0 saturated carbocycles. The van der Waals surface area contributed by atoms with E-state index in [0.29, 0.717) is 16.8 Å². The fourth-order valence-corrected chi connectivity index (χ4v) is 7.64. The number of azo groups is 2. The van der Waals surface area contributed by atoms with Gasteiger partial charge in [-0.15, -0.1) is 15.3 Å². The van der Waals surface area contributed by atoms with Gasteiger partial charge in [-0.1, -0.05) is 36.4 Å². The standard InChI is InChI=1S/C30H20N4O13S4.4Na/c35-30-28(51(45,46)47)13-17-12-19(48(36,37)38)7-8-21(17)29(30)34-33-26-10-9-25(22-3-1-2-4-23(22)26)32-31-18-6-5-16-11-20(49(39,40)41)15-27(24(16)14-18)50(42,43)44;;;;/h1-15,35H,(H,36,37,38)(H,39,40,41)(H,42,43,44)(H,45,46,47);;;;. The van der Waals surface area contributed by atoms with E-state index in [1.165, 1.54) is 30.3 Å². The van der Waals surface area contributed by atoms with Gasteiger partial charge < -0.3 is 5.11 Å². The van der Waals surface area contributed by atoms with Crippen LogP contribution in [0.15, 0.2) is 131 Å². The molecular formula is C30H20N4Na4O13S4. The monoisotopic (exact) mass is 864 g/mol. The van der Waals surface area contributed by atoms with Gasteiger partial charge in [0.05, 0.1) is 26.9 Å². The molecule has 0 aliphatic heterocycles. The summed E-state index contributed by atoms with van der Waals surface area (Å²) in [5.41, 5.74) is 0.111. The summed E-state index contributed by atoms with van der Waals surface area (Å²) in [5.74, 6) is -0.982. The van der Waals surface area contributed by atoms with Gasteiger partial charge in [0, 0.05) is 140 Å². The van der Waals surface area contributed by atoms with Crippen LogP contribution in [0.3, 0.4) is 0 Å². The van der Waals surface area contributed by atoms with Crippen LogP contribution in [0, 0.1) is 0 Å². The minimum absolute atomic E-state index is 0. The Hall–Kier alpha value is -1.26. The molecule has 4 radical (unpaired) electrons. The second-order valence-electron chi connectivity index (χ2n) is 10.7. The van der Waals surface area contributed by atoms with E-state index in [1.54, 1.807) is 24.3 Å². The molecule has 55 heavy (non-hydrogen) atoms. The summed E-state index contributed by atoms with van der Waals surface area (Å²) >= 11 is 0. The zero-order valence-electron chi connectivity index (χ0n) is 29.1. The molecule has 0 atom stereocenters. The Morgan fingerprint density at radius 3 is 1.47 bits per heavy atom. The van der Waals surface area contributed by atoms with Crippen LogP contribution in [0.2, 0.25) is 0 Å². The van der Waals surface area contributed by atoms with Crippen LogP contribution in [0.1, 0.15) is 0 Å². The molecule has 6 aromatic carbocycles. The molecule has 0 aromatic heterocycles. The van der Waals surface area contributed by atoms with Gasteiger partial charge in [-0.05, 0) is 65.4 Å². The number of aromatic hydroxyl groups is 1. The normalized spacial score (nSPS) is 12.3. The second-order valence-corrected chi connectivity index (χ2v) is 16.4. The quantitative estimate of drug-likeness (QED) is 0.0753. The smallest absolute Gasteiger partial charge is 0.298 e. The van der Waals surface area contributed by atoms with Crippen molar-refractivity contribution < 1.29 is 57.0 Å². The molecule has 6 aromatic rings. The summed E-state index contributed by atoms with van der Waals surface area (Å²) in [7, 11) is -19.5. The molecule has 0 spiro atoms. The third kappa shape index (κ3) is 11.1. The summed E-state index contributed by atoms with van der Waals surface area (Å²) < 4.78 is 133. The Kier molecular flexibility index (Phi) is 17.0. The van der Waals surface area contributed by atoms with Crippen molar-refractivity contribution in [1.82, 2.24) is 0 Å². The number of fused-ring (bicyclic) bond motifs is 3. The Morgan fingerprint density at radius 2 is 0.945 bits per heavy atom. The van der Waals surface area contributed by atoms with Crippen LogP contribution in [-0.2, 0) is 40.5 Å². The van der Waals surface area contributed by atoms with Crippen molar-refractivity contribution in [1.29, 1.82) is 0 Å². The van der Waals surface area contributed by atoms with Gasteiger partial charge >= 0.3 is 0 Å². The number of nitrogens with zero attached hydrogens (tertiary/aromatic N) is 4.